The van der Waals surface area contributed by atoms with Crippen LogP contribution >= 0.6 is 11.3 Å². The molecule has 26 heavy (non-hydrogen) atoms. The molecule has 0 saturated carbocycles. The third-order valence-corrected chi connectivity index (χ3v) is 7.15. The number of carbonyl (C=O) groups is 1. The molecule has 1 aliphatic heterocycles. The Kier molecular flexibility index (Phi) is 5.85. The van der Waals surface area contributed by atoms with Crippen LogP contribution in [0.15, 0.2) is 45.7 Å². The van der Waals surface area contributed by atoms with Crippen molar-refractivity contribution in [2.75, 3.05) is 13.1 Å². The van der Waals surface area contributed by atoms with E-state index in [0.717, 1.165) is 29.7 Å². The normalized spacial score (nSPS) is 16.0. The van der Waals surface area contributed by atoms with E-state index in [2.05, 4.69) is 10.5 Å². The Morgan fingerprint density at radius 3 is 2.69 bits per heavy atom. The number of rotatable bonds is 5. The molecule has 0 atom stereocenters. The van der Waals surface area contributed by atoms with E-state index in [9.17, 15) is 13.2 Å². The number of hydrogen-bond acceptors (Lipinski definition) is 5. The predicted molar refractivity (Wildman–Crippen MR) is 103 cm³/mol. The molecule has 0 radical (unpaired) electrons. The fourth-order valence-electron chi connectivity index (χ4n) is 2.78. The summed E-state index contributed by atoms with van der Waals surface area (Å²) in [4.78, 5) is 13.4. The number of nitrogens with zero attached hydrogens (tertiary/aromatic N) is 2. The van der Waals surface area contributed by atoms with Crippen LogP contribution in [0.4, 0.5) is 0 Å². The molecule has 0 unspecified atom stereocenters. The molecule has 2 heterocycles. The number of sulfonamides is 1. The fraction of sp³-hybridized carbons (Fsp3) is 0.333. The Morgan fingerprint density at radius 2 is 2.00 bits per heavy atom. The van der Waals surface area contributed by atoms with Gasteiger partial charge in [-0.25, -0.2) is 13.8 Å². The number of thiophene rings is 1. The van der Waals surface area contributed by atoms with Crippen LogP contribution in [0, 0.1) is 6.92 Å². The van der Waals surface area contributed by atoms with Crippen LogP contribution in [-0.4, -0.2) is 37.9 Å². The van der Waals surface area contributed by atoms with E-state index in [4.69, 9.17) is 0 Å². The highest BCUT2D eigenvalue weighted by Gasteiger charge is 2.26. The first-order valence-electron chi connectivity index (χ1n) is 8.46. The summed E-state index contributed by atoms with van der Waals surface area (Å²) in [7, 11) is -3.56. The minimum absolute atomic E-state index is 0.144. The van der Waals surface area contributed by atoms with Gasteiger partial charge in [0.25, 0.3) is 5.91 Å². The molecular formula is C18H21N3O3S2. The van der Waals surface area contributed by atoms with Crippen molar-refractivity contribution in [2.24, 2.45) is 5.10 Å². The lowest BCUT2D eigenvalue weighted by Gasteiger charge is -2.25. The molecule has 8 heteroatoms. The molecule has 3 rings (SSSR count). The van der Waals surface area contributed by atoms with Crippen LogP contribution in [0.5, 0.6) is 0 Å². The Balaban J connectivity index is 1.73. The topological polar surface area (TPSA) is 78.8 Å². The number of benzene rings is 1. The quantitative estimate of drug-likeness (QED) is 0.629. The van der Waals surface area contributed by atoms with Crippen LogP contribution in [0.25, 0.3) is 0 Å². The number of aryl methyl sites for hydroxylation is 1. The zero-order chi connectivity index (χ0) is 18.6. The lowest BCUT2D eigenvalue weighted by Crippen LogP contribution is -2.35. The van der Waals surface area contributed by atoms with Gasteiger partial charge in [0.2, 0.25) is 10.0 Å². The molecule has 1 aliphatic rings. The standard InChI is InChI=1S/C18H21N3O3S2/c1-14-8-11-25-17(14)13-19-20-18(22)15-6-5-7-16(12-15)26(23,24)21-9-3-2-4-10-21/h5-8,11-13H,2-4,9-10H2,1H3,(H,20,22). The summed E-state index contributed by atoms with van der Waals surface area (Å²) in [5.74, 6) is -0.439. The van der Waals surface area contributed by atoms with E-state index in [1.165, 1.54) is 27.8 Å². The maximum Gasteiger partial charge on any atom is 0.271 e. The fourth-order valence-corrected chi connectivity index (χ4v) is 5.13. The first-order valence-corrected chi connectivity index (χ1v) is 10.8. The smallest absolute Gasteiger partial charge is 0.267 e. The van der Waals surface area contributed by atoms with Crippen molar-refractivity contribution in [3.63, 3.8) is 0 Å². The Bertz CT molecular complexity index is 913. The first-order chi connectivity index (χ1) is 12.5. The van der Waals surface area contributed by atoms with E-state index in [1.54, 1.807) is 18.3 Å². The van der Waals surface area contributed by atoms with Gasteiger partial charge in [-0.1, -0.05) is 12.5 Å². The third-order valence-electron chi connectivity index (χ3n) is 4.30. The van der Waals surface area contributed by atoms with Gasteiger partial charge in [0.1, 0.15) is 0 Å². The molecule has 0 aliphatic carbocycles. The second-order valence-electron chi connectivity index (χ2n) is 6.16. The molecular weight excluding hydrogens is 370 g/mol. The lowest BCUT2D eigenvalue weighted by molar-refractivity contribution is 0.0955. The van der Waals surface area contributed by atoms with Crippen molar-refractivity contribution in [1.29, 1.82) is 0 Å². The minimum Gasteiger partial charge on any atom is -0.267 e. The van der Waals surface area contributed by atoms with Crippen molar-refractivity contribution in [2.45, 2.75) is 31.1 Å². The van der Waals surface area contributed by atoms with Crippen molar-refractivity contribution < 1.29 is 13.2 Å². The van der Waals surface area contributed by atoms with Gasteiger partial charge in [-0.2, -0.15) is 9.41 Å². The first kappa shape index (κ1) is 18.8. The largest absolute Gasteiger partial charge is 0.271 e. The third kappa shape index (κ3) is 4.20. The minimum atomic E-state index is -3.56. The molecule has 138 valence electrons. The number of carbonyl (C=O) groups excluding carboxylic acids is 1. The summed E-state index contributed by atoms with van der Waals surface area (Å²) < 4.78 is 27.0. The summed E-state index contributed by atoms with van der Waals surface area (Å²) in [5.41, 5.74) is 3.80. The average Bonchev–Trinajstić information content (AvgIpc) is 3.07. The molecule has 1 fully saturated rings. The number of nitrogens with one attached hydrogen (secondary N) is 1. The molecule has 2 aromatic rings. The van der Waals surface area contributed by atoms with Gasteiger partial charge >= 0.3 is 0 Å². The predicted octanol–water partition coefficient (Wildman–Crippen LogP) is 3.00. The van der Waals surface area contributed by atoms with Crippen molar-refractivity contribution in [1.82, 2.24) is 9.73 Å². The maximum absolute atomic E-state index is 12.7. The maximum atomic E-state index is 12.7. The molecule has 1 aromatic heterocycles. The van der Waals surface area contributed by atoms with Gasteiger partial charge in [0.15, 0.2) is 0 Å². The van der Waals surface area contributed by atoms with Crippen LogP contribution in [-0.2, 0) is 10.0 Å². The van der Waals surface area contributed by atoms with Gasteiger partial charge in [-0.15, -0.1) is 11.3 Å². The molecule has 1 amide bonds. The Morgan fingerprint density at radius 1 is 1.23 bits per heavy atom. The van der Waals surface area contributed by atoms with E-state index in [1.807, 2.05) is 18.4 Å². The van der Waals surface area contributed by atoms with E-state index in [-0.39, 0.29) is 10.5 Å². The lowest BCUT2D eigenvalue weighted by atomic mass is 10.2. The summed E-state index contributed by atoms with van der Waals surface area (Å²) in [6.45, 7) is 3.03. The SMILES string of the molecule is Cc1ccsc1C=NNC(=O)c1cccc(S(=O)(=O)N2CCCCC2)c1. The van der Waals surface area contributed by atoms with Gasteiger partial charge in [0, 0.05) is 23.5 Å². The second kappa shape index (κ2) is 8.11. The highest BCUT2D eigenvalue weighted by Crippen LogP contribution is 2.21. The molecule has 1 N–H and O–H groups in total. The Labute approximate surface area is 157 Å². The monoisotopic (exact) mass is 391 g/mol. The zero-order valence-corrected chi connectivity index (χ0v) is 16.1. The summed E-state index contributed by atoms with van der Waals surface area (Å²) >= 11 is 1.53. The van der Waals surface area contributed by atoms with E-state index in [0.29, 0.717) is 13.1 Å². The van der Waals surface area contributed by atoms with E-state index < -0.39 is 15.9 Å². The van der Waals surface area contributed by atoms with Gasteiger partial charge < -0.3 is 0 Å². The summed E-state index contributed by atoms with van der Waals surface area (Å²) in [6.07, 6.45) is 4.38. The number of piperidine rings is 1. The molecule has 0 bridgehead atoms. The zero-order valence-electron chi connectivity index (χ0n) is 14.5. The second-order valence-corrected chi connectivity index (χ2v) is 9.05. The van der Waals surface area contributed by atoms with Crippen molar-refractivity contribution in [3.05, 3.63) is 51.7 Å². The van der Waals surface area contributed by atoms with Crippen molar-refractivity contribution in [3.8, 4) is 0 Å². The molecule has 0 spiro atoms. The molecule has 6 nitrogen and oxygen atoms in total. The van der Waals surface area contributed by atoms with Gasteiger partial charge in [0.05, 0.1) is 11.1 Å². The number of amides is 1. The average molecular weight is 392 g/mol. The van der Waals surface area contributed by atoms with E-state index >= 15 is 0 Å². The summed E-state index contributed by atoms with van der Waals surface area (Å²) in [5, 5.41) is 5.91. The van der Waals surface area contributed by atoms with Crippen LogP contribution in [0.2, 0.25) is 0 Å². The molecule has 1 aromatic carbocycles. The van der Waals surface area contributed by atoms with Gasteiger partial charge in [-0.3, -0.25) is 4.79 Å². The molecule has 1 saturated heterocycles. The van der Waals surface area contributed by atoms with Gasteiger partial charge in [-0.05, 0) is 55.0 Å². The van der Waals surface area contributed by atoms with Crippen molar-refractivity contribution >= 4 is 33.5 Å². The Hall–Kier alpha value is -2.03. The summed E-state index contributed by atoms with van der Waals surface area (Å²) in [6, 6.07) is 8.07. The van der Waals surface area contributed by atoms with Crippen LogP contribution in [0.3, 0.4) is 0 Å². The number of hydrogen-bond donors (Lipinski definition) is 1. The van der Waals surface area contributed by atoms with Crippen LogP contribution < -0.4 is 5.43 Å². The highest BCUT2D eigenvalue weighted by molar-refractivity contribution is 7.89. The van der Waals surface area contributed by atoms with Crippen LogP contribution in [0.1, 0.15) is 40.1 Å². The highest BCUT2D eigenvalue weighted by atomic mass is 32.2. The number of hydrazone groups is 1.